The summed E-state index contributed by atoms with van der Waals surface area (Å²) < 4.78 is 34.8. The maximum atomic E-state index is 12.5. The van der Waals surface area contributed by atoms with Gasteiger partial charge in [-0.2, -0.15) is 8.78 Å². The van der Waals surface area contributed by atoms with Crippen LogP contribution in [0.1, 0.15) is 5.56 Å². The molecule has 1 heterocycles. The first-order chi connectivity index (χ1) is 9.99. The Kier molecular flexibility index (Phi) is 3.01. The van der Waals surface area contributed by atoms with Crippen LogP contribution in [0.4, 0.5) is 14.5 Å². The average molecular weight is 291 g/mol. The molecule has 0 aliphatic carbocycles. The van der Waals surface area contributed by atoms with Crippen molar-refractivity contribution in [1.29, 1.82) is 0 Å². The topological polar surface area (TPSA) is 65.5 Å². The molecule has 0 bridgehead atoms. The highest BCUT2D eigenvalue weighted by Gasteiger charge is 2.16. The van der Waals surface area contributed by atoms with E-state index in [4.69, 9.17) is 10.2 Å². The van der Waals surface area contributed by atoms with Gasteiger partial charge in [-0.25, -0.2) is 4.79 Å². The first kappa shape index (κ1) is 13.4. The maximum Gasteiger partial charge on any atom is 0.387 e. The van der Waals surface area contributed by atoms with E-state index in [9.17, 15) is 13.6 Å². The summed E-state index contributed by atoms with van der Waals surface area (Å²) in [7, 11) is 0. The summed E-state index contributed by atoms with van der Waals surface area (Å²) in [6, 6.07) is 7.64. The Morgan fingerprint density at radius 1 is 1.19 bits per heavy atom. The SMILES string of the molecule is Cc1c(N)ccc2c1c(=O)oc1cccc(OC(F)F)c12. The summed E-state index contributed by atoms with van der Waals surface area (Å²) in [6.07, 6.45) is 0. The quantitative estimate of drug-likeness (QED) is 0.446. The Balaban J connectivity index is 2.52. The van der Waals surface area contributed by atoms with E-state index >= 15 is 0 Å². The van der Waals surface area contributed by atoms with E-state index in [2.05, 4.69) is 4.74 Å². The molecule has 21 heavy (non-hydrogen) atoms. The Hall–Kier alpha value is -2.63. The number of halogens is 2. The van der Waals surface area contributed by atoms with Crippen LogP contribution in [-0.2, 0) is 0 Å². The number of rotatable bonds is 2. The lowest BCUT2D eigenvalue weighted by molar-refractivity contribution is -0.0487. The van der Waals surface area contributed by atoms with Crippen molar-refractivity contribution in [2.75, 3.05) is 5.73 Å². The Morgan fingerprint density at radius 2 is 1.95 bits per heavy atom. The van der Waals surface area contributed by atoms with Crippen LogP contribution < -0.4 is 16.1 Å². The fourth-order valence-electron chi connectivity index (χ4n) is 2.41. The first-order valence-electron chi connectivity index (χ1n) is 6.18. The van der Waals surface area contributed by atoms with Crippen LogP contribution >= 0.6 is 0 Å². The molecule has 0 unspecified atom stereocenters. The molecule has 3 aromatic rings. The number of anilines is 1. The largest absolute Gasteiger partial charge is 0.434 e. The molecule has 4 nitrogen and oxygen atoms in total. The summed E-state index contributed by atoms with van der Waals surface area (Å²) in [5, 5.41) is 1.08. The third kappa shape index (κ3) is 2.08. The molecule has 0 aliphatic rings. The summed E-state index contributed by atoms with van der Waals surface area (Å²) >= 11 is 0. The van der Waals surface area contributed by atoms with Crippen molar-refractivity contribution in [3.05, 3.63) is 46.3 Å². The van der Waals surface area contributed by atoms with E-state index in [1.165, 1.54) is 18.2 Å². The molecule has 0 aliphatic heterocycles. The molecule has 0 spiro atoms. The monoisotopic (exact) mass is 291 g/mol. The van der Waals surface area contributed by atoms with E-state index in [1.54, 1.807) is 19.1 Å². The van der Waals surface area contributed by atoms with Gasteiger partial charge >= 0.3 is 12.2 Å². The van der Waals surface area contributed by atoms with Crippen molar-refractivity contribution in [3.63, 3.8) is 0 Å². The predicted octanol–water partition coefficient (Wildman–Crippen LogP) is 3.44. The summed E-state index contributed by atoms with van der Waals surface area (Å²) in [6.45, 7) is -1.29. The van der Waals surface area contributed by atoms with Gasteiger partial charge in [-0.1, -0.05) is 12.1 Å². The smallest absolute Gasteiger partial charge is 0.387 e. The predicted molar refractivity (Wildman–Crippen MR) is 75.8 cm³/mol. The molecule has 2 aromatic carbocycles. The second-order valence-electron chi connectivity index (χ2n) is 4.60. The second kappa shape index (κ2) is 4.73. The van der Waals surface area contributed by atoms with Gasteiger partial charge in [0.05, 0.1) is 10.8 Å². The summed E-state index contributed by atoms with van der Waals surface area (Å²) in [5.41, 5.74) is 6.40. The van der Waals surface area contributed by atoms with E-state index in [0.717, 1.165) is 0 Å². The fraction of sp³-hybridized carbons (Fsp3) is 0.133. The molecule has 0 amide bonds. The molecule has 3 rings (SSSR count). The van der Waals surface area contributed by atoms with Gasteiger partial charge in [-0.05, 0) is 30.7 Å². The van der Waals surface area contributed by atoms with Crippen LogP contribution in [0.15, 0.2) is 39.5 Å². The number of benzene rings is 2. The number of ether oxygens (including phenoxy) is 1. The van der Waals surface area contributed by atoms with E-state index in [1.807, 2.05) is 0 Å². The molecule has 108 valence electrons. The van der Waals surface area contributed by atoms with Crippen molar-refractivity contribution in [2.24, 2.45) is 0 Å². The molecular weight excluding hydrogens is 280 g/mol. The summed E-state index contributed by atoms with van der Waals surface area (Å²) in [5.74, 6) is -0.0413. The van der Waals surface area contributed by atoms with Gasteiger partial charge in [0.15, 0.2) is 0 Å². The van der Waals surface area contributed by atoms with E-state index in [-0.39, 0.29) is 16.7 Å². The van der Waals surface area contributed by atoms with Gasteiger partial charge in [-0.15, -0.1) is 0 Å². The standard InChI is InChI=1S/C15H11F2NO3/c1-7-9(18)6-5-8-12(7)14(19)20-10-3-2-4-11(13(8)10)21-15(16)17/h2-6,15H,18H2,1H3. The number of fused-ring (bicyclic) bond motifs is 3. The Bertz CT molecular complexity index is 903. The summed E-state index contributed by atoms with van der Waals surface area (Å²) in [4.78, 5) is 12.1. The van der Waals surface area contributed by atoms with Crippen LogP contribution in [-0.4, -0.2) is 6.61 Å². The number of aryl methyl sites for hydroxylation is 1. The second-order valence-corrected chi connectivity index (χ2v) is 4.60. The fourth-order valence-corrected chi connectivity index (χ4v) is 2.41. The third-order valence-corrected chi connectivity index (χ3v) is 3.39. The molecule has 0 radical (unpaired) electrons. The van der Waals surface area contributed by atoms with Gasteiger partial charge in [0.25, 0.3) is 0 Å². The van der Waals surface area contributed by atoms with Crippen LogP contribution in [0, 0.1) is 6.92 Å². The maximum absolute atomic E-state index is 12.5. The normalized spacial score (nSPS) is 11.4. The van der Waals surface area contributed by atoms with E-state index in [0.29, 0.717) is 22.0 Å². The van der Waals surface area contributed by atoms with Gasteiger partial charge < -0.3 is 14.9 Å². The molecule has 0 saturated carbocycles. The zero-order valence-electron chi connectivity index (χ0n) is 11.0. The highest BCUT2D eigenvalue weighted by atomic mass is 19.3. The zero-order valence-corrected chi connectivity index (χ0v) is 11.0. The van der Waals surface area contributed by atoms with Crippen LogP contribution in [0.3, 0.4) is 0 Å². The number of nitrogens with two attached hydrogens (primary N) is 1. The van der Waals surface area contributed by atoms with Crippen molar-refractivity contribution >= 4 is 27.4 Å². The van der Waals surface area contributed by atoms with Crippen molar-refractivity contribution < 1.29 is 17.9 Å². The van der Waals surface area contributed by atoms with E-state index < -0.39 is 12.2 Å². The molecular formula is C15H11F2NO3. The lowest BCUT2D eigenvalue weighted by Gasteiger charge is -2.11. The van der Waals surface area contributed by atoms with Gasteiger partial charge in [-0.3, -0.25) is 0 Å². The Labute approximate surface area is 117 Å². The third-order valence-electron chi connectivity index (χ3n) is 3.39. The minimum atomic E-state index is -2.97. The average Bonchev–Trinajstić information content (AvgIpc) is 2.41. The lowest BCUT2D eigenvalue weighted by Crippen LogP contribution is -2.06. The molecule has 2 N–H and O–H groups in total. The first-order valence-corrected chi connectivity index (χ1v) is 6.18. The number of hydrogen-bond donors (Lipinski definition) is 1. The van der Waals surface area contributed by atoms with Crippen molar-refractivity contribution in [2.45, 2.75) is 13.5 Å². The minimum absolute atomic E-state index is 0.0413. The molecule has 6 heteroatoms. The number of alkyl halides is 2. The molecule has 1 aromatic heterocycles. The van der Waals surface area contributed by atoms with Gasteiger partial charge in [0.1, 0.15) is 11.3 Å². The Morgan fingerprint density at radius 3 is 2.67 bits per heavy atom. The van der Waals surface area contributed by atoms with Crippen LogP contribution in [0.2, 0.25) is 0 Å². The van der Waals surface area contributed by atoms with Crippen molar-refractivity contribution in [3.8, 4) is 5.75 Å². The van der Waals surface area contributed by atoms with Gasteiger partial charge in [0, 0.05) is 11.1 Å². The molecule has 0 fully saturated rings. The molecule has 0 saturated heterocycles. The number of hydrogen-bond acceptors (Lipinski definition) is 4. The lowest BCUT2D eigenvalue weighted by atomic mass is 10.0. The van der Waals surface area contributed by atoms with Gasteiger partial charge in [0.2, 0.25) is 0 Å². The minimum Gasteiger partial charge on any atom is -0.434 e. The van der Waals surface area contributed by atoms with Crippen LogP contribution in [0.5, 0.6) is 5.75 Å². The molecule has 0 atom stereocenters. The number of nitrogen functional groups attached to an aromatic ring is 1. The van der Waals surface area contributed by atoms with Crippen LogP contribution in [0.25, 0.3) is 21.7 Å². The highest BCUT2D eigenvalue weighted by Crippen LogP contribution is 2.34. The van der Waals surface area contributed by atoms with Crippen molar-refractivity contribution in [1.82, 2.24) is 0 Å². The highest BCUT2D eigenvalue weighted by molar-refractivity contribution is 6.09. The zero-order chi connectivity index (χ0) is 15.1.